The number of benzene rings is 3. The standard InChI is InChI=1S/C43H50FN9O3/c1-23(2)25(4)53-21-37(50-51-53)28-7-5-26(6-8-28)22-55-41-39(38-24(3)35(44)17-36-34(38)19-46-49-36)32(27-9-10-27)16-33-40(41)47-43(56-31-11-13-54-14-12-31)48-42(33)52-20-29-15-30(52)18-45-29/h5-8,16-17,19,23,25,27,29-31,37,45H,9-15,18,20-22H2,1-4H3,(H,46,49). The lowest BCUT2D eigenvalue weighted by Crippen LogP contribution is -2.44. The number of aromatic nitrogens is 4. The van der Waals surface area contributed by atoms with Crippen molar-refractivity contribution >= 4 is 27.6 Å². The van der Waals surface area contributed by atoms with Crippen LogP contribution in [-0.4, -0.2) is 82.3 Å². The number of ether oxygens (including phenoxy) is 3. The minimum Gasteiger partial charge on any atom is -0.486 e. The van der Waals surface area contributed by atoms with Crippen LogP contribution in [0.1, 0.15) is 87.1 Å². The molecular weight excluding hydrogens is 710 g/mol. The first-order chi connectivity index (χ1) is 27.3. The second kappa shape index (κ2) is 14.3. The Bertz CT molecular complexity index is 2300. The molecule has 292 valence electrons. The zero-order chi connectivity index (χ0) is 38.1. The van der Waals surface area contributed by atoms with Gasteiger partial charge in [0.15, 0.2) is 5.75 Å². The van der Waals surface area contributed by atoms with Gasteiger partial charge in [-0.15, -0.1) is 0 Å². The van der Waals surface area contributed by atoms with Crippen LogP contribution in [0.5, 0.6) is 11.8 Å². The van der Waals surface area contributed by atoms with Gasteiger partial charge in [-0.25, -0.2) is 4.39 Å². The molecule has 4 atom stereocenters. The fourth-order valence-electron chi connectivity index (χ4n) is 8.99. The largest absolute Gasteiger partial charge is 0.486 e. The zero-order valence-corrected chi connectivity index (χ0v) is 32.6. The predicted molar refractivity (Wildman–Crippen MR) is 213 cm³/mol. The summed E-state index contributed by atoms with van der Waals surface area (Å²) in [5.41, 5.74) is 6.79. The molecule has 2 aromatic heterocycles. The Kier molecular flexibility index (Phi) is 9.04. The van der Waals surface area contributed by atoms with E-state index in [2.05, 4.69) is 86.9 Å². The van der Waals surface area contributed by atoms with E-state index in [4.69, 9.17) is 24.2 Å². The Morgan fingerprint density at radius 3 is 2.54 bits per heavy atom. The molecule has 4 aliphatic heterocycles. The molecule has 5 aromatic rings. The van der Waals surface area contributed by atoms with Gasteiger partial charge in [-0.05, 0) is 79.3 Å². The molecule has 10 rings (SSSR count). The maximum Gasteiger partial charge on any atom is 0.319 e. The van der Waals surface area contributed by atoms with Gasteiger partial charge >= 0.3 is 6.01 Å². The first-order valence-electron chi connectivity index (χ1n) is 20.4. The van der Waals surface area contributed by atoms with Crippen LogP contribution in [0.4, 0.5) is 10.2 Å². The van der Waals surface area contributed by atoms with Crippen LogP contribution in [0.25, 0.3) is 32.9 Å². The van der Waals surface area contributed by atoms with Crippen LogP contribution >= 0.6 is 0 Å². The van der Waals surface area contributed by atoms with Crippen LogP contribution in [0.2, 0.25) is 0 Å². The summed E-state index contributed by atoms with van der Waals surface area (Å²) < 4.78 is 35.2. The quantitative estimate of drug-likeness (QED) is 0.138. The molecule has 2 N–H and O–H groups in total. The van der Waals surface area contributed by atoms with E-state index in [9.17, 15) is 0 Å². The highest BCUT2D eigenvalue weighted by atomic mass is 19.1. The molecule has 6 heterocycles. The summed E-state index contributed by atoms with van der Waals surface area (Å²) in [4.78, 5) is 12.9. The summed E-state index contributed by atoms with van der Waals surface area (Å²) in [7, 11) is 0. The Labute approximate surface area is 326 Å². The number of H-pyrrole nitrogens is 1. The number of anilines is 1. The van der Waals surface area contributed by atoms with Crippen molar-refractivity contribution in [2.45, 2.75) is 103 Å². The average molecular weight is 760 g/mol. The number of aromatic amines is 1. The Morgan fingerprint density at radius 1 is 0.982 bits per heavy atom. The lowest BCUT2D eigenvalue weighted by molar-refractivity contribution is 0.0219. The summed E-state index contributed by atoms with van der Waals surface area (Å²) in [6, 6.07) is 13.7. The molecule has 5 aliphatic rings. The van der Waals surface area contributed by atoms with Gasteiger partial charge in [-0.2, -0.15) is 20.2 Å². The third kappa shape index (κ3) is 6.42. The summed E-state index contributed by atoms with van der Waals surface area (Å²) in [6.07, 6.45) is 6.47. The van der Waals surface area contributed by atoms with Gasteiger partial charge in [0.05, 0.1) is 31.5 Å². The number of hydrogen-bond acceptors (Lipinski definition) is 11. The number of piperazine rings is 1. The minimum atomic E-state index is -0.293. The van der Waals surface area contributed by atoms with Gasteiger partial charge in [-0.1, -0.05) is 43.3 Å². The molecule has 1 saturated carbocycles. The Morgan fingerprint density at radius 2 is 1.80 bits per heavy atom. The smallest absolute Gasteiger partial charge is 0.319 e. The van der Waals surface area contributed by atoms with Crippen molar-refractivity contribution in [1.29, 1.82) is 0 Å². The van der Waals surface area contributed by atoms with Gasteiger partial charge < -0.3 is 24.4 Å². The summed E-state index contributed by atoms with van der Waals surface area (Å²) in [6.45, 7) is 12.6. The fourth-order valence-corrected chi connectivity index (χ4v) is 8.99. The van der Waals surface area contributed by atoms with Crippen LogP contribution < -0.4 is 19.7 Å². The van der Waals surface area contributed by atoms with E-state index in [0.717, 1.165) is 96.1 Å². The van der Waals surface area contributed by atoms with Crippen molar-refractivity contribution in [1.82, 2.24) is 30.5 Å². The molecule has 0 radical (unpaired) electrons. The number of rotatable bonds is 11. The first kappa shape index (κ1) is 35.5. The molecule has 4 unspecified atom stereocenters. The second-order valence-corrected chi connectivity index (χ2v) is 16.8. The highest BCUT2D eigenvalue weighted by Gasteiger charge is 2.41. The lowest BCUT2D eigenvalue weighted by atomic mass is 9.88. The van der Waals surface area contributed by atoms with E-state index in [1.807, 2.05) is 6.92 Å². The second-order valence-electron chi connectivity index (χ2n) is 16.8. The molecule has 12 nitrogen and oxygen atoms in total. The van der Waals surface area contributed by atoms with Crippen molar-refractivity contribution in [3.63, 3.8) is 0 Å². The molecule has 1 aliphatic carbocycles. The van der Waals surface area contributed by atoms with Gasteiger partial charge in [0.25, 0.3) is 0 Å². The first-order valence-corrected chi connectivity index (χ1v) is 20.4. The maximum absolute atomic E-state index is 15.9. The third-order valence-electron chi connectivity index (χ3n) is 12.8. The third-order valence-corrected chi connectivity index (χ3v) is 12.8. The Balaban J connectivity index is 1.10. The molecule has 2 bridgehead atoms. The zero-order valence-electron chi connectivity index (χ0n) is 32.6. The number of halogens is 1. The van der Waals surface area contributed by atoms with E-state index >= 15 is 4.39 Å². The van der Waals surface area contributed by atoms with Crippen molar-refractivity contribution in [3.8, 4) is 22.9 Å². The highest BCUT2D eigenvalue weighted by molar-refractivity contribution is 6.06. The molecule has 13 heteroatoms. The molecule has 0 spiro atoms. The average Bonchev–Trinajstić information content (AvgIpc) is 3.57. The molecule has 4 fully saturated rings. The van der Waals surface area contributed by atoms with E-state index in [0.29, 0.717) is 71.5 Å². The van der Waals surface area contributed by atoms with Gasteiger partial charge in [-0.3, -0.25) is 10.1 Å². The van der Waals surface area contributed by atoms with Gasteiger partial charge in [0.1, 0.15) is 35.9 Å². The SMILES string of the molecule is Cc1c(F)cc2[nH]ncc2c1-c1c(C2CC2)cc2c(N3CC4CC3CN4)nc(OC3CCOCC3)nc2c1OCc1ccc(C2CN(C(C)C(C)C)N=N2)cc1. The maximum atomic E-state index is 15.9. The van der Waals surface area contributed by atoms with E-state index in [1.54, 1.807) is 6.20 Å². The number of nitrogens with one attached hydrogen (secondary N) is 2. The molecule has 3 saturated heterocycles. The predicted octanol–water partition coefficient (Wildman–Crippen LogP) is 7.95. The van der Waals surface area contributed by atoms with Crippen LogP contribution in [0.3, 0.4) is 0 Å². The van der Waals surface area contributed by atoms with E-state index in [-0.39, 0.29) is 24.6 Å². The highest BCUT2D eigenvalue weighted by Crippen LogP contribution is 2.53. The van der Waals surface area contributed by atoms with E-state index in [1.165, 1.54) is 6.07 Å². The van der Waals surface area contributed by atoms with Crippen molar-refractivity contribution in [3.05, 3.63) is 70.7 Å². The number of nitrogens with zero attached hydrogens (tertiary/aromatic N) is 7. The van der Waals surface area contributed by atoms with Gasteiger partial charge in [0.2, 0.25) is 0 Å². The Hall–Kier alpha value is -4.88. The molecule has 0 amide bonds. The summed E-state index contributed by atoms with van der Waals surface area (Å²) >= 11 is 0. The molecule has 3 aromatic carbocycles. The van der Waals surface area contributed by atoms with Gasteiger partial charge in [0, 0.05) is 66.0 Å². The van der Waals surface area contributed by atoms with E-state index < -0.39 is 0 Å². The van der Waals surface area contributed by atoms with Crippen molar-refractivity contribution < 1.29 is 18.6 Å². The number of hydrogen-bond donors (Lipinski definition) is 2. The van der Waals surface area contributed by atoms with Crippen LogP contribution in [0, 0.1) is 18.7 Å². The van der Waals surface area contributed by atoms with Crippen LogP contribution in [-0.2, 0) is 11.3 Å². The summed E-state index contributed by atoms with van der Waals surface area (Å²) in [5, 5.41) is 24.0. The minimum absolute atomic E-state index is 0.00872. The van der Waals surface area contributed by atoms with Crippen LogP contribution in [0.15, 0.2) is 52.9 Å². The van der Waals surface area contributed by atoms with Crippen molar-refractivity contribution in [2.24, 2.45) is 16.3 Å². The monoisotopic (exact) mass is 759 g/mol. The van der Waals surface area contributed by atoms with Crippen molar-refractivity contribution in [2.75, 3.05) is 37.7 Å². The summed E-state index contributed by atoms with van der Waals surface area (Å²) in [5.74, 6) is 2.00. The topological polar surface area (TPSA) is 125 Å². The molecular formula is C43H50FN9O3. The fraction of sp³-hybridized carbons (Fsp3) is 0.512. The lowest BCUT2D eigenvalue weighted by Gasteiger charge is -2.31. The molecule has 56 heavy (non-hydrogen) atoms. The normalized spacial score (nSPS) is 23.0. The number of fused-ring (bicyclic) bond motifs is 4.